The molecule has 2 atom stereocenters. The summed E-state index contributed by atoms with van der Waals surface area (Å²) in [6.45, 7) is 2.07. The molecule has 0 spiro atoms. The first-order chi connectivity index (χ1) is 10.1. The van der Waals surface area contributed by atoms with Gasteiger partial charge in [-0.1, -0.05) is 13.3 Å². The van der Waals surface area contributed by atoms with Crippen molar-refractivity contribution in [3.8, 4) is 0 Å². The maximum Gasteiger partial charge on any atom is 0.228 e. The summed E-state index contributed by atoms with van der Waals surface area (Å²) in [4.78, 5) is 12.6. The number of anilines is 1. The van der Waals surface area contributed by atoms with Gasteiger partial charge < -0.3 is 11.1 Å². The standard InChI is InChI=1S/C16H26N4O.ClH/c1-3-13-9-14(20(2)19-13)18-16(21)12-7-10-5-4-6-11(8-12)15(10)17;/h9-12,15H,3-8,17H2,1-2H3,(H,18,21);1H. The second kappa shape index (κ2) is 7.01. The smallest absolute Gasteiger partial charge is 0.228 e. The van der Waals surface area contributed by atoms with Gasteiger partial charge in [0.15, 0.2) is 0 Å². The molecule has 2 bridgehead atoms. The third-order valence-corrected chi connectivity index (χ3v) is 5.33. The molecule has 5 nitrogen and oxygen atoms in total. The molecule has 0 radical (unpaired) electrons. The van der Waals surface area contributed by atoms with Crippen molar-refractivity contribution in [3.63, 3.8) is 0 Å². The summed E-state index contributed by atoms with van der Waals surface area (Å²) in [6, 6.07) is 2.28. The second-order valence-corrected chi connectivity index (χ2v) is 6.68. The van der Waals surface area contributed by atoms with Crippen LogP contribution in [0.15, 0.2) is 6.07 Å². The molecule has 6 heteroatoms. The van der Waals surface area contributed by atoms with Crippen LogP contribution >= 0.6 is 12.4 Å². The SMILES string of the molecule is CCc1cc(NC(=O)C2CC3CCCC(C2)C3N)n(C)n1.Cl. The fourth-order valence-electron chi connectivity index (χ4n) is 4.05. The molecular formula is C16H27ClN4O. The van der Waals surface area contributed by atoms with Gasteiger partial charge in [-0.2, -0.15) is 5.10 Å². The minimum absolute atomic E-state index is 0. The van der Waals surface area contributed by atoms with Gasteiger partial charge in [0.05, 0.1) is 5.69 Å². The van der Waals surface area contributed by atoms with E-state index < -0.39 is 0 Å². The minimum atomic E-state index is 0. The molecule has 2 fully saturated rings. The highest BCUT2D eigenvalue weighted by Crippen LogP contribution is 2.42. The highest BCUT2D eigenvalue weighted by molar-refractivity contribution is 5.92. The fourth-order valence-corrected chi connectivity index (χ4v) is 4.05. The Morgan fingerprint density at radius 3 is 2.59 bits per heavy atom. The van der Waals surface area contributed by atoms with Crippen LogP contribution in [-0.2, 0) is 18.3 Å². The number of nitrogens with zero attached hydrogens (tertiary/aromatic N) is 2. The van der Waals surface area contributed by atoms with Gasteiger partial charge in [0.25, 0.3) is 0 Å². The Balaban J connectivity index is 0.00000176. The molecule has 2 saturated carbocycles. The number of nitrogens with two attached hydrogens (primary N) is 1. The van der Waals surface area contributed by atoms with E-state index in [1.54, 1.807) is 4.68 Å². The Morgan fingerprint density at radius 2 is 2.05 bits per heavy atom. The molecule has 2 unspecified atom stereocenters. The van der Waals surface area contributed by atoms with Crippen molar-refractivity contribution >= 4 is 24.1 Å². The Bertz CT molecular complexity index is 516. The van der Waals surface area contributed by atoms with E-state index in [9.17, 15) is 4.79 Å². The number of hydrogen-bond donors (Lipinski definition) is 2. The van der Waals surface area contributed by atoms with Crippen LogP contribution in [0.5, 0.6) is 0 Å². The first-order valence-corrected chi connectivity index (χ1v) is 8.17. The molecule has 0 aromatic carbocycles. The van der Waals surface area contributed by atoms with Crippen LogP contribution in [0.2, 0.25) is 0 Å². The summed E-state index contributed by atoms with van der Waals surface area (Å²) < 4.78 is 1.76. The predicted molar refractivity (Wildman–Crippen MR) is 90.0 cm³/mol. The van der Waals surface area contributed by atoms with E-state index in [4.69, 9.17) is 5.73 Å². The summed E-state index contributed by atoms with van der Waals surface area (Å²) in [5.41, 5.74) is 7.31. The van der Waals surface area contributed by atoms with E-state index >= 15 is 0 Å². The summed E-state index contributed by atoms with van der Waals surface area (Å²) in [7, 11) is 1.88. The fraction of sp³-hybridized carbons (Fsp3) is 0.750. The average Bonchev–Trinajstić information content (AvgIpc) is 2.79. The van der Waals surface area contributed by atoms with Gasteiger partial charge in [-0.05, 0) is 43.9 Å². The van der Waals surface area contributed by atoms with Crippen LogP contribution in [0, 0.1) is 17.8 Å². The van der Waals surface area contributed by atoms with Gasteiger partial charge in [-0.3, -0.25) is 9.48 Å². The first-order valence-electron chi connectivity index (χ1n) is 8.17. The lowest BCUT2D eigenvalue weighted by Crippen LogP contribution is -2.48. The molecule has 124 valence electrons. The quantitative estimate of drug-likeness (QED) is 0.896. The molecule has 3 rings (SSSR count). The Kier molecular flexibility index (Phi) is 5.50. The number of carbonyl (C=O) groups is 1. The number of halogens is 1. The molecule has 0 saturated heterocycles. The number of carbonyl (C=O) groups excluding carboxylic acids is 1. The number of aromatic nitrogens is 2. The zero-order chi connectivity index (χ0) is 15.0. The Hall–Kier alpha value is -1.07. The highest BCUT2D eigenvalue weighted by Gasteiger charge is 2.40. The first kappa shape index (κ1) is 17.3. The van der Waals surface area contributed by atoms with Gasteiger partial charge in [0.1, 0.15) is 5.82 Å². The minimum Gasteiger partial charge on any atom is -0.327 e. The van der Waals surface area contributed by atoms with Gasteiger partial charge in [0, 0.05) is 25.1 Å². The zero-order valence-electron chi connectivity index (χ0n) is 13.4. The van der Waals surface area contributed by atoms with Gasteiger partial charge in [-0.25, -0.2) is 0 Å². The lowest BCUT2D eigenvalue weighted by Gasteiger charge is -2.43. The van der Waals surface area contributed by atoms with Crippen molar-refractivity contribution in [2.24, 2.45) is 30.5 Å². The number of amides is 1. The topological polar surface area (TPSA) is 72.9 Å². The molecule has 1 amide bonds. The third-order valence-electron chi connectivity index (χ3n) is 5.33. The number of hydrogen-bond acceptors (Lipinski definition) is 3. The third kappa shape index (κ3) is 3.30. The van der Waals surface area contributed by atoms with E-state index in [0.29, 0.717) is 17.9 Å². The largest absolute Gasteiger partial charge is 0.327 e. The highest BCUT2D eigenvalue weighted by atomic mass is 35.5. The van der Waals surface area contributed by atoms with Crippen LogP contribution in [0.3, 0.4) is 0 Å². The summed E-state index contributed by atoms with van der Waals surface area (Å²) in [5, 5.41) is 7.44. The van der Waals surface area contributed by atoms with Gasteiger partial charge >= 0.3 is 0 Å². The normalized spacial score (nSPS) is 30.5. The second-order valence-electron chi connectivity index (χ2n) is 6.68. The van der Waals surface area contributed by atoms with Crippen LogP contribution in [0.4, 0.5) is 5.82 Å². The lowest BCUT2D eigenvalue weighted by atomic mass is 9.65. The van der Waals surface area contributed by atoms with E-state index in [1.165, 1.54) is 19.3 Å². The van der Waals surface area contributed by atoms with Crippen molar-refractivity contribution in [1.82, 2.24) is 9.78 Å². The monoisotopic (exact) mass is 326 g/mol. The van der Waals surface area contributed by atoms with Crippen molar-refractivity contribution in [1.29, 1.82) is 0 Å². The van der Waals surface area contributed by atoms with E-state index in [2.05, 4.69) is 17.3 Å². The maximum absolute atomic E-state index is 12.6. The number of nitrogens with one attached hydrogen (secondary N) is 1. The van der Waals surface area contributed by atoms with Crippen molar-refractivity contribution < 1.29 is 4.79 Å². The number of rotatable bonds is 3. The average molecular weight is 327 g/mol. The summed E-state index contributed by atoms with van der Waals surface area (Å²) in [5.74, 6) is 2.12. The lowest BCUT2D eigenvalue weighted by molar-refractivity contribution is -0.122. The van der Waals surface area contributed by atoms with Gasteiger partial charge in [-0.15, -0.1) is 12.4 Å². The molecule has 0 aliphatic heterocycles. The van der Waals surface area contributed by atoms with Crippen LogP contribution < -0.4 is 11.1 Å². The number of fused-ring (bicyclic) bond motifs is 2. The van der Waals surface area contributed by atoms with Crippen LogP contribution in [-0.4, -0.2) is 21.7 Å². The van der Waals surface area contributed by atoms with E-state index in [1.807, 2.05) is 13.1 Å². The number of aryl methyl sites for hydroxylation is 2. The molecule has 3 N–H and O–H groups in total. The van der Waals surface area contributed by atoms with Crippen molar-refractivity contribution in [2.45, 2.75) is 51.5 Å². The Labute approximate surface area is 138 Å². The molecule has 22 heavy (non-hydrogen) atoms. The molecule has 2 aliphatic carbocycles. The summed E-state index contributed by atoms with van der Waals surface area (Å²) >= 11 is 0. The van der Waals surface area contributed by atoms with E-state index in [0.717, 1.165) is 30.8 Å². The van der Waals surface area contributed by atoms with Crippen molar-refractivity contribution in [3.05, 3.63) is 11.8 Å². The van der Waals surface area contributed by atoms with E-state index in [-0.39, 0.29) is 24.2 Å². The predicted octanol–water partition coefficient (Wildman–Crippen LogP) is 2.50. The van der Waals surface area contributed by atoms with Gasteiger partial charge in [0.2, 0.25) is 5.91 Å². The van der Waals surface area contributed by atoms with Crippen LogP contribution in [0.1, 0.15) is 44.7 Å². The van der Waals surface area contributed by atoms with Crippen molar-refractivity contribution in [2.75, 3.05) is 5.32 Å². The molecule has 1 heterocycles. The molecule has 2 aliphatic rings. The van der Waals surface area contributed by atoms with Crippen LogP contribution in [0.25, 0.3) is 0 Å². The zero-order valence-corrected chi connectivity index (χ0v) is 14.2. The Morgan fingerprint density at radius 1 is 1.41 bits per heavy atom. The molecule has 1 aromatic rings. The molecular weight excluding hydrogens is 300 g/mol. The maximum atomic E-state index is 12.6. The molecule has 1 aromatic heterocycles. The summed E-state index contributed by atoms with van der Waals surface area (Å²) in [6.07, 6.45) is 6.43.